The van der Waals surface area contributed by atoms with Gasteiger partial charge in [0, 0.05) is 32.2 Å². The third-order valence-electron chi connectivity index (χ3n) is 4.97. The number of nitrogens with zero attached hydrogens (tertiary/aromatic N) is 7. The third-order valence-corrected chi connectivity index (χ3v) is 4.97. The molecule has 1 aromatic carbocycles. The molecular formula is C22H23N7O5. The van der Waals surface area contributed by atoms with Crippen molar-refractivity contribution in [2.24, 2.45) is 14.1 Å². The first-order valence-electron chi connectivity index (χ1n) is 10.0. The number of benzene rings is 1. The van der Waals surface area contributed by atoms with Crippen LogP contribution in [-0.2, 0) is 14.1 Å². The standard InChI is InChI=1S/C22H23N7O5/c1-6-34-18-9-7-17(8-10-18)27(13-11-19-21(28(30)31)15(2)23-25(19)4)14-12-20-22(29(32)33)16(3)24-26(20)5/h6-14H,1H2,2-5H3/b13-11+,14-12+. The first-order valence-corrected chi connectivity index (χ1v) is 10.0. The van der Waals surface area contributed by atoms with Crippen LogP contribution in [0.4, 0.5) is 17.1 Å². The molecule has 12 heteroatoms. The number of rotatable bonds is 9. The molecule has 0 aliphatic heterocycles. The van der Waals surface area contributed by atoms with Gasteiger partial charge in [-0.2, -0.15) is 10.2 Å². The van der Waals surface area contributed by atoms with Crippen molar-refractivity contribution < 1.29 is 14.6 Å². The summed E-state index contributed by atoms with van der Waals surface area (Å²) >= 11 is 0. The zero-order chi connectivity index (χ0) is 25.0. The Kier molecular flexibility index (Phi) is 6.90. The van der Waals surface area contributed by atoms with Crippen LogP contribution < -0.4 is 9.64 Å². The number of aryl methyl sites for hydroxylation is 4. The Bertz CT molecular complexity index is 1230. The molecule has 2 heterocycles. The summed E-state index contributed by atoms with van der Waals surface area (Å²) in [6, 6.07) is 6.97. The van der Waals surface area contributed by atoms with Gasteiger partial charge in [-0.25, -0.2) is 0 Å². The van der Waals surface area contributed by atoms with E-state index >= 15 is 0 Å². The summed E-state index contributed by atoms with van der Waals surface area (Å²) in [6.45, 7) is 6.65. The SMILES string of the molecule is C=COc1ccc(N(/C=C/c2c([N+](=O)[O-])c(C)nn2C)/C=C/c2c([N+](=O)[O-])c(C)nn2C)cc1. The minimum atomic E-state index is -0.481. The molecule has 12 nitrogen and oxygen atoms in total. The van der Waals surface area contributed by atoms with Crippen molar-refractivity contribution in [2.75, 3.05) is 4.90 Å². The number of hydrogen-bond donors (Lipinski definition) is 0. The summed E-state index contributed by atoms with van der Waals surface area (Å²) in [7, 11) is 3.23. The monoisotopic (exact) mass is 465 g/mol. The Balaban J connectivity index is 2.07. The highest BCUT2D eigenvalue weighted by atomic mass is 16.6. The first-order chi connectivity index (χ1) is 16.1. The van der Waals surface area contributed by atoms with Crippen molar-refractivity contribution in [1.82, 2.24) is 19.6 Å². The third kappa shape index (κ3) is 4.85. The van der Waals surface area contributed by atoms with Crippen LogP contribution in [-0.4, -0.2) is 29.4 Å². The average molecular weight is 465 g/mol. The largest absolute Gasteiger partial charge is 0.466 e. The van der Waals surface area contributed by atoms with E-state index < -0.39 is 9.85 Å². The minimum absolute atomic E-state index is 0.102. The highest BCUT2D eigenvalue weighted by molar-refractivity contribution is 5.68. The van der Waals surface area contributed by atoms with Crippen molar-refractivity contribution in [3.05, 3.63) is 92.5 Å². The van der Waals surface area contributed by atoms with Gasteiger partial charge >= 0.3 is 11.4 Å². The predicted molar refractivity (Wildman–Crippen MR) is 127 cm³/mol. The van der Waals surface area contributed by atoms with Gasteiger partial charge in [-0.3, -0.25) is 29.6 Å². The highest BCUT2D eigenvalue weighted by Gasteiger charge is 2.23. The molecule has 3 rings (SSSR count). The summed E-state index contributed by atoms with van der Waals surface area (Å²) in [5.74, 6) is 0.572. The van der Waals surface area contributed by atoms with Gasteiger partial charge in [0.2, 0.25) is 0 Å². The van der Waals surface area contributed by atoms with Crippen LogP contribution in [0.1, 0.15) is 22.8 Å². The van der Waals surface area contributed by atoms with Gasteiger partial charge < -0.3 is 9.64 Å². The van der Waals surface area contributed by atoms with E-state index in [9.17, 15) is 20.2 Å². The average Bonchev–Trinajstić information content (AvgIpc) is 3.22. The zero-order valence-corrected chi connectivity index (χ0v) is 19.1. The lowest BCUT2D eigenvalue weighted by atomic mass is 10.2. The summed E-state index contributed by atoms with van der Waals surface area (Å²) in [5, 5.41) is 31.3. The maximum Gasteiger partial charge on any atom is 0.317 e. The van der Waals surface area contributed by atoms with Crippen LogP contribution in [0.5, 0.6) is 5.75 Å². The molecule has 176 valence electrons. The van der Waals surface area contributed by atoms with Crippen molar-refractivity contribution in [3.63, 3.8) is 0 Å². The lowest BCUT2D eigenvalue weighted by Gasteiger charge is -2.16. The van der Waals surface area contributed by atoms with E-state index in [4.69, 9.17) is 4.74 Å². The van der Waals surface area contributed by atoms with Crippen LogP contribution in [0.25, 0.3) is 12.2 Å². The Hall–Kier alpha value is -4.74. The van der Waals surface area contributed by atoms with Crippen LogP contribution in [0.15, 0.2) is 49.5 Å². The number of nitro groups is 2. The highest BCUT2D eigenvalue weighted by Crippen LogP contribution is 2.27. The summed E-state index contributed by atoms with van der Waals surface area (Å²) in [5.41, 5.74) is 1.66. The van der Waals surface area contributed by atoms with Gasteiger partial charge in [0.15, 0.2) is 0 Å². The second-order valence-corrected chi connectivity index (χ2v) is 7.22. The van der Waals surface area contributed by atoms with Gasteiger partial charge in [0.05, 0.1) is 16.1 Å². The van der Waals surface area contributed by atoms with E-state index in [-0.39, 0.29) is 11.4 Å². The molecule has 0 aliphatic rings. The Labute approximate surface area is 195 Å². The van der Waals surface area contributed by atoms with Crippen molar-refractivity contribution in [2.45, 2.75) is 13.8 Å². The molecule has 0 spiro atoms. The fraction of sp³-hybridized carbons (Fsp3) is 0.182. The van der Waals surface area contributed by atoms with Gasteiger partial charge in [-0.15, -0.1) is 0 Å². The smallest absolute Gasteiger partial charge is 0.317 e. The van der Waals surface area contributed by atoms with Crippen LogP contribution >= 0.6 is 0 Å². The summed E-state index contributed by atoms with van der Waals surface area (Å²) < 4.78 is 8.09. The predicted octanol–water partition coefficient (Wildman–Crippen LogP) is 4.26. The second kappa shape index (κ2) is 9.81. The second-order valence-electron chi connectivity index (χ2n) is 7.22. The van der Waals surface area contributed by atoms with Gasteiger partial charge in [-0.1, -0.05) is 6.58 Å². The molecular weight excluding hydrogens is 442 g/mol. The van der Waals surface area contributed by atoms with E-state index in [1.54, 1.807) is 81.7 Å². The Morgan fingerprint density at radius 3 is 1.74 bits per heavy atom. The van der Waals surface area contributed by atoms with E-state index in [0.717, 1.165) is 0 Å². The molecule has 3 aromatic rings. The van der Waals surface area contributed by atoms with E-state index in [1.165, 1.54) is 15.6 Å². The van der Waals surface area contributed by atoms with Crippen LogP contribution in [0.3, 0.4) is 0 Å². The first kappa shape index (κ1) is 23.9. The molecule has 0 bridgehead atoms. The molecule has 0 atom stereocenters. The topological polar surface area (TPSA) is 134 Å². The zero-order valence-electron chi connectivity index (χ0n) is 19.1. The number of aromatic nitrogens is 4. The molecule has 0 amide bonds. The molecule has 0 saturated carbocycles. The molecule has 0 N–H and O–H groups in total. The molecule has 0 unspecified atom stereocenters. The van der Waals surface area contributed by atoms with E-state index in [0.29, 0.717) is 34.2 Å². The molecule has 34 heavy (non-hydrogen) atoms. The van der Waals surface area contributed by atoms with Gasteiger partial charge in [0.25, 0.3) is 0 Å². The van der Waals surface area contributed by atoms with Crippen molar-refractivity contribution in [1.29, 1.82) is 0 Å². The molecule has 2 aromatic heterocycles. The number of ether oxygens (including phenoxy) is 1. The quantitative estimate of drug-likeness (QED) is 0.260. The molecule has 0 saturated heterocycles. The minimum Gasteiger partial charge on any atom is -0.466 e. The Morgan fingerprint density at radius 1 is 0.912 bits per heavy atom. The van der Waals surface area contributed by atoms with Crippen molar-refractivity contribution in [3.8, 4) is 5.75 Å². The number of anilines is 1. The normalized spacial score (nSPS) is 11.3. The van der Waals surface area contributed by atoms with E-state index in [2.05, 4.69) is 16.8 Å². The fourth-order valence-electron chi connectivity index (χ4n) is 3.47. The lowest BCUT2D eigenvalue weighted by molar-refractivity contribution is -0.385. The number of hydrogen-bond acceptors (Lipinski definition) is 8. The van der Waals surface area contributed by atoms with Gasteiger partial charge in [-0.05, 0) is 50.3 Å². The van der Waals surface area contributed by atoms with Crippen LogP contribution in [0.2, 0.25) is 0 Å². The molecule has 0 fully saturated rings. The van der Waals surface area contributed by atoms with E-state index in [1.807, 2.05) is 0 Å². The summed E-state index contributed by atoms with van der Waals surface area (Å²) in [4.78, 5) is 23.7. The van der Waals surface area contributed by atoms with Gasteiger partial charge in [0.1, 0.15) is 28.5 Å². The fourth-order valence-corrected chi connectivity index (χ4v) is 3.47. The van der Waals surface area contributed by atoms with Crippen molar-refractivity contribution >= 4 is 29.2 Å². The maximum atomic E-state index is 11.5. The maximum absolute atomic E-state index is 11.5. The lowest BCUT2D eigenvalue weighted by Crippen LogP contribution is -2.08. The van der Waals surface area contributed by atoms with Crippen LogP contribution in [0, 0.1) is 34.1 Å². The molecule has 0 radical (unpaired) electrons. The molecule has 0 aliphatic carbocycles. The Morgan fingerprint density at radius 2 is 1.35 bits per heavy atom. The summed E-state index contributed by atoms with van der Waals surface area (Å²) in [6.07, 6.45) is 7.64.